The molecule has 2 aromatic rings. The molecule has 0 spiro atoms. The lowest BCUT2D eigenvalue weighted by molar-refractivity contribution is 0.0938. The average Bonchev–Trinajstić information content (AvgIpc) is 2.83. The zero-order valence-electron chi connectivity index (χ0n) is 11.4. The maximum Gasteiger partial charge on any atom is 0.251 e. The molecule has 1 aliphatic carbocycles. The maximum atomic E-state index is 12.2. The lowest BCUT2D eigenvalue weighted by Crippen LogP contribution is -2.35. The van der Waals surface area contributed by atoms with Crippen LogP contribution in [-0.4, -0.2) is 17.1 Å². The smallest absolute Gasteiger partial charge is 0.251 e. The highest BCUT2D eigenvalue weighted by Gasteiger charge is 2.22. The van der Waals surface area contributed by atoms with Gasteiger partial charge >= 0.3 is 0 Å². The molecule has 0 heterocycles. The van der Waals surface area contributed by atoms with Crippen molar-refractivity contribution in [2.45, 2.75) is 25.8 Å². The molecule has 0 unspecified atom stereocenters. The minimum absolute atomic E-state index is 0.0779. The number of fused-ring (bicyclic) bond motifs is 1. The van der Waals surface area contributed by atoms with Gasteiger partial charge in [-0.15, -0.1) is 0 Å². The van der Waals surface area contributed by atoms with Gasteiger partial charge in [0.05, 0.1) is 0 Å². The van der Waals surface area contributed by atoms with Crippen molar-refractivity contribution in [1.29, 1.82) is 0 Å². The lowest BCUT2D eigenvalue weighted by Gasteiger charge is -2.12. The number of phenolic OH excluding ortho intramolecular Hbond substituents is 1. The lowest BCUT2D eigenvalue weighted by atomic mass is 10.1. The number of phenols is 1. The fourth-order valence-corrected chi connectivity index (χ4v) is 2.73. The van der Waals surface area contributed by atoms with Crippen molar-refractivity contribution in [2.75, 3.05) is 0 Å². The number of nitrogens with one attached hydrogen (secondary N) is 1. The summed E-state index contributed by atoms with van der Waals surface area (Å²) in [5.41, 5.74) is 3.95. The normalized spacial score (nSPS) is 14.1. The van der Waals surface area contributed by atoms with Crippen LogP contribution in [0.2, 0.25) is 0 Å². The van der Waals surface area contributed by atoms with E-state index < -0.39 is 0 Å². The van der Waals surface area contributed by atoms with Crippen LogP contribution in [0.5, 0.6) is 5.75 Å². The first-order valence-electron chi connectivity index (χ1n) is 6.81. The Balaban J connectivity index is 1.70. The van der Waals surface area contributed by atoms with Crippen molar-refractivity contribution >= 4 is 5.91 Å². The van der Waals surface area contributed by atoms with E-state index in [2.05, 4.69) is 17.4 Å². The minimum Gasteiger partial charge on any atom is -0.508 e. The number of carbonyl (C=O) groups is 1. The molecule has 3 nitrogen and oxygen atoms in total. The van der Waals surface area contributed by atoms with E-state index in [9.17, 15) is 9.90 Å². The molecule has 3 rings (SSSR count). The summed E-state index contributed by atoms with van der Waals surface area (Å²) in [5.74, 6) is 0.140. The monoisotopic (exact) mass is 267 g/mol. The van der Waals surface area contributed by atoms with Crippen molar-refractivity contribution in [3.8, 4) is 5.75 Å². The van der Waals surface area contributed by atoms with E-state index in [4.69, 9.17) is 0 Å². The van der Waals surface area contributed by atoms with Gasteiger partial charge in [-0.25, -0.2) is 0 Å². The molecule has 0 radical (unpaired) electrons. The molecule has 20 heavy (non-hydrogen) atoms. The van der Waals surface area contributed by atoms with Gasteiger partial charge in [0.1, 0.15) is 5.75 Å². The Bertz CT molecular complexity index is 639. The van der Waals surface area contributed by atoms with Gasteiger partial charge in [-0.1, -0.05) is 24.3 Å². The average molecular weight is 267 g/mol. The Hall–Kier alpha value is -2.29. The quantitative estimate of drug-likeness (QED) is 0.878. The van der Waals surface area contributed by atoms with Gasteiger partial charge in [0.15, 0.2) is 0 Å². The molecule has 2 aromatic carbocycles. The first-order valence-corrected chi connectivity index (χ1v) is 6.81. The fraction of sp³-hybridized carbons (Fsp3) is 0.235. The third-order valence-corrected chi connectivity index (χ3v) is 3.85. The molecule has 0 aliphatic heterocycles. The topological polar surface area (TPSA) is 49.3 Å². The van der Waals surface area contributed by atoms with E-state index in [0.29, 0.717) is 11.1 Å². The number of hydrogen-bond donors (Lipinski definition) is 2. The summed E-state index contributed by atoms with van der Waals surface area (Å²) >= 11 is 0. The summed E-state index contributed by atoms with van der Waals surface area (Å²) < 4.78 is 0. The van der Waals surface area contributed by atoms with Crippen molar-refractivity contribution in [3.05, 3.63) is 64.7 Å². The zero-order valence-corrected chi connectivity index (χ0v) is 11.4. The van der Waals surface area contributed by atoms with Crippen LogP contribution < -0.4 is 5.32 Å². The Morgan fingerprint density at radius 2 is 1.80 bits per heavy atom. The van der Waals surface area contributed by atoms with Gasteiger partial charge < -0.3 is 10.4 Å². The molecule has 0 saturated carbocycles. The summed E-state index contributed by atoms with van der Waals surface area (Å²) in [6.07, 6.45) is 1.78. The van der Waals surface area contributed by atoms with E-state index >= 15 is 0 Å². The summed E-state index contributed by atoms with van der Waals surface area (Å²) in [6, 6.07) is 13.4. The van der Waals surface area contributed by atoms with Crippen LogP contribution in [0.25, 0.3) is 0 Å². The molecule has 0 saturated heterocycles. The van der Waals surface area contributed by atoms with Crippen LogP contribution in [0, 0.1) is 6.92 Å². The van der Waals surface area contributed by atoms with Crippen molar-refractivity contribution in [1.82, 2.24) is 5.32 Å². The van der Waals surface area contributed by atoms with Gasteiger partial charge in [-0.3, -0.25) is 4.79 Å². The van der Waals surface area contributed by atoms with Gasteiger partial charge in [0, 0.05) is 11.6 Å². The number of rotatable bonds is 2. The highest BCUT2D eigenvalue weighted by atomic mass is 16.3. The van der Waals surface area contributed by atoms with Crippen molar-refractivity contribution in [2.24, 2.45) is 0 Å². The molecule has 0 atom stereocenters. The molecular weight excluding hydrogens is 250 g/mol. The summed E-state index contributed by atoms with van der Waals surface area (Å²) in [4.78, 5) is 12.2. The highest BCUT2D eigenvalue weighted by Crippen LogP contribution is 2.22. The predicted molar refractivity (Wildman–Crippen MR) is 77.9 cm³/mol. The SMILES string of the molecule is Cc1cc(C(=O)NC2Cc3ccccc3C2)ccc1O. The van der Waals surface area contributed by atoms with E-state index in [1.807, 2.05) is 12.1 Å². The molecule has 1 amide bonds. The number of amides is 1. The second-order valence-corrected chi connectivity index (χ2v) is 5.35. The number of carbonyl (C=O) groups excluding carboxylic acids is 1. The van der Waals surface area contributed by atoms with Gasteiger partial charge in [-0.2, -0.15) is 0 Å². The van der Waals surface area contributed by atoms with E-state index in [1.54, 1.807) is 25.1 Å². The third kappa shape index (κ3) is 2.39. The Kier molecular flexibility index (Phi) is 3.18. The standard InChI is InChI=1S/C17H17NO2/c1-11-8-14(6-7-16(11)19)17(20)18-15-9-12-4-2-3-5-13(12)10-15/h2-8,15,19H,9-10H2,1H3,(H,18,20). The summed E-state index contributed by atoms with van der Waals surface area (Å²) in [5, 5.41) is 12.6. The number of hydrogen-bond acceptors (Lipinski definition) is 2. The van der Waals surface area contributed by atoms with Gasteiger partial charge in [-0.05, 0) is 54.7 Å². The van der Waals surface area contributed by atoms with Crippen molar-refractivity contribution in [3.63, 3.8) is 0 Å². The molecular formula is C17H17NO2. The first-order chi connectivity index (χ1) is 9.63. The van der Waals surface area contributed by atoms with Crippen LogP contribution in [0.3, 0.4) is 0 Å². The summed E-state index contributed by atoms with van der Waals surface area (Å²) in [6.45, 7) is 1.79. The molecule has 0 fully saturated rings. The summed E-state index contributed by atoms with van der Waals surface area (Å²) in [7, 11) is 0. The predicted octanol–water partition coefficient (Wildman–Crippen LogP) is 2.60. The van der Waals surface area contributed by atoms with Crippen LogP contribution in [-0.2, 0) is 12.8 Å². The fourth-order valence-electron chi connectivity index (χ4n) is 2.73. The Labute approximate surface area is 118 Å². The second kappa shape index (κ2) is 5.00. The van der Waals surface area contributed by atoms with E-state index in [1.165, 1.54) is 11.1 Å². The first kappa shape index (κ1) is 12.7. The number of aromatic hydroxyl groups is 1. The van der Waals surface area contributed by atoms with Crippen molar-refractivity contribution < 1.29 is 9.90 Å². The minimum atomic E-state index is -0.0779. The third-order valence-electron chi connectivity index (χ3n) is 3.85. The Morgan fingerprint density at radius 1 is 1.15 bits per heavy atom. The number of aryl methyl sites for hydroxylation is 1. The van der Waals surface area contributed by atoms with Crippen LogP contribution >= 0.6 is 0 Å². The van der Waals surface area contributed by atoms with Gasteiger partial charge in [0.25, 0.3) is 5.91 Å². The molecule has 102 valence electrons. The van der Waals surface area contributed by atoms with Crippen LogP contribution in [0.1, 0.15) is 27.0 Å². The highest BCUT2D eigenvalue weighted by molar-refractivity contribution is 5.94. The largest absolute Gasteiger partial charge is 0.508 e. The molecule has 0 bridgehead atoms. The van der Waals surface area contributed by atoms with Gasteiger partial charge in [0.2, 0.25) is 0 Å². The molecule has 1 aliphatic rings. The molecule has 0 aromatic heterocycles. The molecule has 2 N–H and O–H groups in total. The van der Waals surface area contributed by atoms with Crippen LogP contribution in [0.15, 0.2) is 42.5 Å². The van der Waals surface area contributed by atoms with Crippen LogP contribution in [0.4, 0.5) is 0 Å². The zero-order chi connectivity index (χ0) is 14.1. The number of benzene rings is 2. The second-order valence-electron chi connectivity index (χ2n) is 5.35. The maximum absolute atomic E-state index is 12.2. The Morgan fingerprint density at radius 3 is 2.40 bits per heavy atom. The van der Waals surface area contributed by atoms with E-state index in [0.717, 1.165) is 12.8 Å². The van der Waals surface area contributed by atoms with E-state index in [-0.39, 0.29) is 17.7 Å². The molecule has 3 heteroatoms.